The fourth-order valence-corrected chi connectivity index (χ4v) is 3.45. The van der Waals surface area contributed by atoms with Gasteiger partial charge in [0.15, 0.2) is 5.16 Å². The van der Waals surface area contributed by atoms with E-state index in [1.165, 1.54) is 11.8 Å². The van der Waals surface area contributed by atoms with Gasteiger partial charge >= 0.3 is 6.09 Å². The van der Waals surface area contributed by atoms with Gasteiger partial charge < -0.3 is 14.5 Å². The summed E-state index contributed by atoms with van der Waals surface area (Å²) in [4.78, 5) is 35.6. The fourth-order valence-electron chi connectivity index (χ4n) is 2.74. The number of piperidine rings is 1. The lowest BCUT2D eigenvalue weighted by molar-refractivity contribution is -0.129. The Morgan fingerprint density at radius 1 is 1.27 bits per heavy atom. The second-order valence-corrected chi connectivity index (χ2v) is 6.18. The van der Waals surface area contributed by atoms with Crippen LogP contribution in [0.5, 0.6) is 0 Å². The zero-order valence-electron chi connectivity index (χ0n) is 12.2. The lowest BCUT2D eigenvalue weighted by atomic mass is 10.0. The molecule has 0 saturated carbocycles. The van der Waals surface area contributed by atoms with Crippen LogP contribution < -0.4 is 0 Å². The van der Waals surface area contributed by atoms with E-state index in [-0.39, 0.29) is 18.0 Å². The monoisotopic (exact) mass is 322 g/mol. The Labute approximate surface area is 133 Å². The van der Waals surface area contributed by atoms with Crippen molar-refractivity contribution in [3.8, 4) is 0 Å². The third kappa shape index (κ3) is 3.49. The van der Waals surface area contributed by atoms with E-state index in [9.17, 15) is 9.59 Å². The van der Waals surface area contributed by atoms with Crippen molar-refractivity contribution < 1.29 is 14.3 Å². The highest BCUT2D eigenvalue weighted by molar-refractivity contribution is 7.99. The zero-order chi connectivity index (χ0) is 15.4. The maximum Gasteiger partial charge on any atom is 0.410 e. The van der Waals surface area contributed by atoms with Crippen LogP contribution in [0.1, 0.15) is 12.8 Å². The molecule has 2 amide bonds. The van der Waals surface area contributed by atoms with Crippen molar-refractivity contribution in [2.75, 3.05) is 32.0 Å². The van der Waals surface area contributed by atoms with Gasteiger partial charge in [-0.15, -0.1) is 0 Å². The van der Waals surface area contributed by atoms with Gasteiger partial charge in [0.05, 0.1) is 12.3 Å². The van der Waals surface area contributed by atoms with Gasteiger partial charge in [0, 0.05) is 31.5 Å². The first-order chi connectivity index (χ1) is 10.7. The number of amides is 2. The smallest absolute Gasteiger partial charge is 0.410 e. The van der Waals surface area contributed by atoms with Crippen molar-refractivity contribution >= 4 is 23.8 Å². The van der Waals surface area contributed by atoms with E-state index in [0.717, 1.165) is 12.8 Å². The number of thioether (sulfide) groups is 1. The van der Waals surface area contributed by atoms with Crippen LogP contribution in [0, 0.1) is 0 Å². The van der Waals surface area contributed by atoms with Gasteiger partial charge in [-0.2, -0.15) is 0 Å². The van der Waals surface area contributed by atoms with Crippen LogP contribution in [-0.4, -0.2) is 69.8 Å². The minimum Gasteiger partial charge on any atom is -0.448 e. The van der Waals surface area contributed by atoms with Crippen LogP contribution in [0.3, 0.4) is 0 Å². The standard InChI is InChI=1S/C14H18N4O3S/c19-12(10-22-13-15-4-1-5-16-13)17-6-2-11(3-7-17)18-8-9-21-14(18)20/h1,4-5,11H,2-3,6-10H2. The molecular weight excluding hydrogens is 304 g/mol. The molecule has 0 aliphatic carbocycles. The molecule has 2 saturated heterocycles. The van der Waals surface area contributed by atoms with E-state index < -0.39 is 0 Å². The third-order valence-corrected chi connectivity index (χ3v) is 4.78. The molecule has 22 heavy (non-hydrogen) atoms. The molecule has 0 N–H and O–H groups in total. The van der Waals surface area contributed by atoms with Crippen molar-refractivity contribution in [1.29, 1.82) is 0 Å². The Hall–Kier alpha value is -1.83. The van der Waals surface area contributed by atoms with Crippen LogP contribution >= 0.6 is 11.8 Å². The average Bonchev–Trinajstić information content (AvgIpc) is 3.00. The number of cyclic esters (lactones) is 1. The van der Waals surface area contributed by atoms with Crippen LogP contribution in [0.25, 0.3) is 0 Å². The number of hydrogen-bond donors (Lipinski definition) is 0. The van der Waals surface area contributed by atoms with Crippen molar-refractivity contribution in [3.05, 3.63) is 18.5 Å². The summed E-state index contributed by atoms with van der Waals surface area (Å²) >= 11 is 1.35. The van der Waals surface area contributed by atoms with Crippen LogP contribution in [0.2, 0.25) is 0 Å². The van der Waals surface area contributed by atoms with Gasteiger partial charge in [-0.05, 0) is 18.9 Å². The van der Waals surface area contributed by atoms with Gasteiger partial charge in [-0.25, -0.2) is 14.8 Å². The molecular formula is C14H18N4O3S. The first kappa shape index (κ1) is 15.1. The molecule has 0 bridgehead atoms. The molecule has 0 atom stereocenters. The summed E-state index contributed by atoms with van der Waals surface area (Å²) in [5.41, 5.74) is 0. The SMILES string of the molecule is O=C(CSc1ncccn1)N1CCC(N2CCOC2=O)CC1. The molecule has 0 spiro atoms. The second kappa shape index (κ2) is 6.95. The van der Waals surface area contributed by atoms with Gasteiger partial charge in [0.25, 0.3) is 0 Å². The minimum absolute atomic E-state index is 0.0971. The zero-order valence-corrected chi connectivity index (χ0v) is 13.0. The molecule has 8 heteroatoms. The van der Waals surface area contributed by atoms with Crippen molar-refractivity contribution in [2.24, 2.45) is 0 Å². The molecule has 118 valence electrons. The molecule has 1 aromatic rings. The number of aromatic nitrogens is 2. The van der Waals surface area contributed by atoms with Crippen molar-refractivity contribution in [1.82, 2.24) is 19.8 Å². The summed E-state index contributed by atoms with van der Waals surface area (Å²) in [7, 11) is 0. The number of carbonyl (C=O) groups excluding carboxylic acids is 2. The largest absolute Gasteiger partial charge is 0.448 e. The quantitative estimate of drug-likeness (QED) is 0.608. The molecule has 0 aromatic carbocycles. The first-order valence-corrected chi connectivity index (χ1v) is 8.33. The van der Waals surface area contributed by atoms with E-state index in [0.29, 0.717) is 37.2 Å². The van der Waals surface area contributed by atoms with E-state index in [1.807, 2.05) is 4.90 Å². The number of carbonyl (C=O) groups is 2. The van der Waals surface area contributed by atoms with Crippen LogP contribution in [0.4, 0.5) is 4.79 Å². The average molecular weight is 322 g/mol. The molecule has 0 radical (unpaired) electrons. The summed E-state index contributed by atoms with van der Waals surface area (Å²) in [6, 6.07) is 1.95. The summed E-state index contributed by atoms with van der Waals surface area (Å²) in [6.45, 7) is 2.51. The number of ether oxygens (including phenoxy) is 1. The van der Waals surface area contributed by atoms with E-state index in [1.54, 1.807) is 23.4 Å². The highest BCUT2D eigenvalue weighted by Gasteiger charge is 2.33. The Bertz CT molecular complexity index is 534. The molecule has 2 fully saturated rings. The summed E-state index contributed by atoms with van der Waals surface area (Å²) in [5.74, 6) is 0.445. The maximum atomic E-state index is 12.2. The van der Waals surface area contributed by atoms with Gasteiger partial charge in [0.1, 0.15) is 6.61 Å². The Balaban J connectivity index is 1.44. The Morgan fingerprint density at radius 2 is 2.00 bits per heavy atom. The van der Waals surface area contributed by atoms with Crippen LogP contribution in [0.15, 0.2) is 23.6 Å². The molecule has 0 unspecified atom stereocenters. The normalized spacial score (nSPS) is 19.4. The minimum atomic E-state index is -0.221. The van der Waals surface area contributed by atoms with E-state index >= 15 is 0 Å². The van der Waals surface area contributed by atoms with Gasteiger partial charge in [-0.1, -0.05) is 11.8 Å². The molecule has 1 aromatic heterocycles. The van der Waals surface area contributed by atoms with Crippen molar-refractivity contribution in [2.45, 2.75) is 24.0 Å². The summed E-state index contributed by atoms with van der Waals surface area (Å²) in [5, 5.41) is 0.616. The predicted octanol–water partition coefficient (Wildman–Crippen LogP) is 1.01. The molecule has 2 aliphatic rings. The highest BCUT2D eigenvalue weighted by Crippen LogP contribution is 2.21. The highest BCUT2D eigenvalue weighted by atomic mass is 32.2. The van der Waals surface area contributed by atoms with Crippen molar-refractivity contribution in [3.63, 3.8) is 0 Å². The molecule has 7 nitrogen and oxygen atoms in total. The lowest BCUT2D eigenvalue weighted by Gasteiger charge is -2.35. The number of likely N-dealkylation sites (tertiary alicyclic amines) is 1. The van der Waals surface area contributed by atoms with E-state index in [4.69, 9.17) is 4.74 Å². The van der Waals surface area contributed by atoms with Gasteiger partial charge in [-0.3, -0.25) is 4.79 Å². The fraction of sp³-hybridized carbons (Fsp3) is 0.571. The topological polar surface area (TPSA) is 75.6 Å². The Kier molecular flexibility index (Phi) is 4.77. The lowest BCUT2D eigenvalue weighted by Crippen LogP contribution is -2.47. The third-order valence-electron chi connectivity index (χ3n) is 3.92. The Morgan fingerprint density at radius 3 is 2.64 bits per heavy atom. The summed E-state index contributed by atoms with van der Waals surface area (Å²) < 4.78 is 4.97. The van der Waals surface area contributed by atoms with Crippen LogP contribution in [-0.2, 0) is 9.53 Å². The van der Waals surface area contributed by atoms with Gasteiger partial charge in [0.2, 0.25) is 5.91 Å². The summed E-state index contributed by atoms with van der Waals surface area (Å²) in [6.07, 6.45) is 4.74. The predicted molar refractivity (Wildman–Crippen MR) is 80.4 cm³/mol. The molecule has 3 heterocycles. The maximum absolute atomic E-state index is 12.2. The number of rotatable bonds is 4. The number of nitrogens with zero attached hydrogens (tertiary/aromatic N) is 4. The molecule has 2 aliphatic heterocycles. The number of hydrogen-bond acceptors (Lipinski definition) is 6. The van der Waals surface area contributed by atoms with E-state index in [2.05, 4.69) is 9.97 Å². The first-order valence-electron chi connectivity index (χ1n) is 7.35. The molecule has 3 rings (SSSR count). The second-order valence-electron chi connectivity index (χ2n) is 5.24.